The first kappa shape index (κ1) is 23.8. The van der Waals surface area contributed by atoms with E-state index in [9.17, 15) is 0 Å². The number of hydrogen-bond donors (Lipinski definition) is 0. The number of ether oxygens (including phenoxy) is 2. The van der Waals surface area contributed by atoms with Crippen molar-refractivity contribution < 1.29 is 21.9 Å². The molecule has 0 aromatic heterocycles. The zero-order valence-corrected chi connectivity index (χ0v) is 19.5. The number of rotatable bonds is 7. The summed E-state index contributed by atoms with van der Waals surface area (Å²) < 4.78 is 11.5. The minimum absolute atomic E-state index is 0. The third kappa shape index (κ3) is 6.85. The number of nitrogens with zero attached hydrogens (tertiary/aromatic N) is 2. The highest BCUT2D eigenvalue weighted by atomic mass is 35.5. The molecule has 4 nitrogen and oxygen atoms in total. The van der Waals surface area contributed by atoms with Crippen LogP contribution < -0.4 is 17.1 Å². The van der Waals surface area contributed by atoms with Crippen molar-refractivity contribution in [2.24, 2.45) is 5.92 Å². The molecule has 0 spiro atoms. The maximum Gasteiger partial charge on any atom is 0.119 e. The van der Waals surface area contributed by atoms with Gasteiger partial charge in [0.2, 0.25) is 0 Å². The Morgan fingerprint density at radius 1 is 0.967 bits per heavy atom. The Hall–Kier alpha value is -0.810. The molecule has 5 heteroatoms. The van der Waals surface area contributed by atoms with Crippen LogP contribution in [0.25, 0.3) is 0 Å². The third-order valence-corrected chi connectivity index (χ3v) is 7.24. The smallest absolute Gasteiger partial charge is 0.119 e. The van der Waals surface area contributed by atoms with Crippen LogP contribution in [-0.4, -0.2) is 68.4 Å². The van der Waals surface area contributed by atoms with Crippen molar-refractivity contribution in [3.63, 3.8) is 0 Å². The number of hydrogen-bond acceptors (Lipinski definition) is 4. The van der Waals surface area contributed by atoms with Gasteiger partial charge in [-0.25, -0.2) is 0 Å². The summed E-state index contributed by atoms with van der Waals surface area (Å²) in [4.78, 5) is 5.26. The molecule has 1 saturated carbocycles. The van der Waals surface area contributed by atoms with Crippen LogP contribution >= 0.6 is 0 Å². The molecule has 1 aromatic rings. The van der Waals surface area contributed by atoms with Crippen molar-refractivity contribution in [3.8, 4) is 5.75 Å². The standard InChI is InChI=1S/C25H40N2O2.ClH/c1-21-4-2-13-26(20-21)14-3-17-29-25-11-7-23(8-12-25)22-5-9-24(10-6-22)27-15-18-28-19-16-27;/h7-8,11-12,21-22,24H,2-6,9-10,13-20H2,1H3;1H/p-1/t21-,22?,24?;/m0./s1. The van der Waals surface area contributed by atoms with Crippen LogP contribution in [0.2, 0.25) is 0 Å². The largest absolute Gasteiger partial charge is 1.00 e. The van der Waals surface area contributed by atoms with Gasteiger partial charge in [-0.1, -0.05) is 19.1 Å². The zero-order valence-electron chi connectivity index (χ0n) is 18.7. The molecule has 30 heavy (non-hydrogen) atoms. The molecule has 4 rings (SSSR count). The Balaban J connectivity index is 0.00000256. The first-order valence-electron chi connectivity index (χ1n) is 12.0. The molecule has 0 bridgehead atoms. The first-order valence-corrected chi connectivity index (χ1v) is 12.0. The van der Waals surface area contributed by atoms with Crippen LogP contribution in [0, 0.1) is 5.92 Å². The van der Waals surface area contributed by atoms with Gasteiger partial charge < -0.3 is 26.8 Å². The van der Waals surface area contributed by atoms with Crippen LogP contribution in [0.15, 0.2) is 24.3 Å². The lowest BCUT2D eigenvalue weighted by molar-refractivity contribution is -0.0000101. The van der Waals surface area contributed by atoms with Crippen LogP contribution in [-0.2, 0) is 4.74 Å². The van der Waals surface area contributed by atoms with Gasteiger partial charge in [-0.2, -0.15) is 0 Å². The number of morpholine rings is 1. The van der Waals surface area contributed by atoms with Crippen molar-refractivity contribution >= 4 is 0 Å². The monoisotopic (exact) mass is 435 g/mol. The van der Waals surface area contributed by atoms with E-state index in [1.165, 1.54) is 63.7 Å². The topological polar surface area (TPSA) is 24.9 Å². The molecule has 1 aromatic carbocycles. The minimum Gasteiger partial charge on any atom is -1.00 e. The lowest BCUT2D eigenvalue weighted by Gasteiger charge is -2.38. The number of likely N-dealkylation sites (tertiary alicyclic amines) is 1. The lowest BCUT2D eigenvalue weighted by atomic mass is 9.81. The Labute approximate surface area is 189 Å². The fourth-order valence-corrected chi connectivity index (χ4v) is 5.52. The molecule has 3 aliphatic rings. The van der Waals surface area contributed by atoms with Gasteiger partial charge in [-0.15, -0.1) is 0 Å². The highest BCUT2D eigenvalue weighted by molar-refractivity contribution is 5.29. The van der Waals surface area contributed by atoms with E-state index in [4.69, 9.17) is 9.47 Å². The molecule has 0 radical (unpaired) electrons. The van der Waals surface area contributed by atoms with Crippen molar-refractivity contribution in [1.29, 1.82) is 0 Å². The maximum atomic E-state index is 6.02. The number of piperidine rings is 1. The van der Waals surface area contributed by atoms with E-state index in [1.807, 2.05) is 0 Å². The molecule has 0 unspecified atom stereocenters. The zero-order chi connectivity index (χ0) is 19.9. The molecular formula is C25H40ClN2O2-. The van der Waals surface area contributed by atoms with Crippen LogP contribution in [0.3, 0.4) is 0 Å². The summed E-state index contributed by atoms with van der Waals surface area (Å²) in [6.45, 7) is 11.0. The predicted octanol–water partition coefficient (Wildman–Crippen LogP) is 1.55. The summed E-state index contributed by atoms with van der Waals surface area (Å²) in [5.41, 5.74) is 1.50. The van der Waals surface area contributed by atoms with Gasteiger partial charge in [0.25, 0.3) is 0 Å². The highest BCUT2D eigenvalue weighted by Crippen LogP contribution is 2.35. The van der Waals surface area contributed by atoms with Crippen molar-refractivity contribution in [2.45, 2.75) is 63.8 Å². The molecule has 2 aliphatic heterocycles. The molecule has 1 atom stereocenters. The van der Waals surface area contributed by atoms with Gasteiger partial charge in [-0.05, 0) is 81.0 Å². The van der Waals surface area contributed by atoms with E-state index in [0.29, 0.717) is 0 Å². The quantitative estimate of drug-likeness (QED) is 0.607. The van der Waals surface area contributed by atoms with Crippen LogP contribution in [0.5, 0.6) is 5.75 Å². The molecule has 2 saturated heterocycles. The Bertz CT molecular complexity index is 598. The predicted molar refractivity (Wildman–Crippen MR) is 119 cm³/mol. The van der Waals surface area contributed by atoms with Gasteiger partial charge in [0.15, 0.2) is 0 Å². The molecular weight excluding hydrogens is 396 g/mol. The Morgan fingerprint density at radius 3 is 2.40 bits per heavy atom. The highest BCUT2D eigenvalue weighted by Gasteiger charge is 2.27. The van der Waals surface area contributed by atoms with Gasteiger partial charge in [0.05, 0.1) is 19.8 Å². The lowest BCUT2D eigenvalue weighted by Crippen LogP contribution is -3.00. The molecule has 0 N–H and O–H groups in total. The second-order valence-corrected chi connectivity index (χ2v) is 9.47. The SMILES string of the molecule is C[C@H]1CCCN(CCCOc2ccc(C3CCC(N4CCOCC4)CC3)cc2)C1.[Cl-]. The minimum atomic E-state index is 0. The van der Waals surface area contributed by atoms with E-state index in [-0.39, 0.29) is 12.4 Å². The van der Waals surface area contributed by atoms with E-state index in [0.717, 1.165) is 63.0 Å². The van der Waals surface area contributed by atoms with Crippen molar-refractivity contribution in [1.82, 2.24) is 9.80 Å². The van der Waals surface area contributed by atoms with Crippen LogP contribution in [0.4, 0.5) is 0 Å². The fourth-order valence-electron chi connectivity index (χ4n) is 5.52. The van der Waals surface area contributed by atoms with Gasteiger partial charge in [0, 0.05) is 32.2 Å². The fraction of sp³-hybridized carbons (Fsp3) is 0.760. The maximum absolute atomic E-state index is 6.02. The second kappa shape index (κ2) is 12.3. The molecule has 1 aliphatic carbocycles. The van der Waals surface area contributed by atoms with Crippen LogP contribution in [0.1, 0.15) is 63.4 Å². The Kier molecular flexibility index (Phi) is 9.76. The summed E-state index contributed by atoms with van der Waals surface area (Å²) in [5.74, 6) is 2.62. The third-order valence-electron chi connectivity index (χ3n) is 7.24. The Morgan fingerprint density at radius 2 is 1.70 bits per heavy atom. The van der Waals surface area contributed by atoms with E-state index >= 15 is 0 Å². The second-order valence-electron chi connectivity index (χ2n) is 9.47. The molecule has 3 fully saturated rings. The average Bonchev–Trinajstić information content (AvgIpc) is 2.78. The number of benzene rings is 1. The summed E-state index contributed by atoms with van der Waals surface area (Å²) in [6, 6.07) is 9.77. The van der Waals surface area contributed by atoms with Crippen molar-refractivity contribution in [3.05, 3.63) is 29.8 Å². The normalized spacial score (nSPS) is 28.6. The van der Waals surface area contributed by atoms with E-state index < -0.39 is 0 Å². The van der Waals surface area contributed by atoms with E-state index in [1.54, 1.807) is 0 Å². The van der Waals surface area contributed by atoms with Gasteiger partial charge >= 0.3 is 0 Å². The summed E-state index contributed by atoms with van der Waals surface area (Å²) in [7, 11) is 0. The summed E-state index contributed by atoms with van der Waals surface area (Å²) >= 11 is 0. The number of halogens is 1. The van der Waals surface area contributed by atoms with Gasteiger partial charge in [0.1, 0.15) is 5.75 Å². The molecule has 0 amide bonds. The first-order chi connectivity index (χ1) is 14.3. The molecule has 2 heterocycles. The average molecular weight is 436 g/mol. The van der Waals surface area contributed by atoms with Gasteiger partial charge in [-0.3, -0.25) is 4.90 Å². The van der Waals surface area contributed by atoms with E-state index in [2.05, 4.69) is 41.0 Å². The van der Waals surface area contributed by atoms with Crippen molar-refractivity contribution in [2.75, 3.05) is 52.5 Å². The molecule has 170 valence electrons. The summed E-state index contributed by atoms with van der Waals surface area (Å²) in [6.07, 6.45) is 9.18. The summed E-state index contributed by atoms with van der Waals surface area (Å²) in [5, 5.41) is 0.